The summed E-state index contributed by atoms with van der Waals surface area (Å²) in [5.41, 5.74) is 0.148. The second kappa shape index (κ2) is 10.5. The van der Waals surface area contributed by atoms with Gasteiger partial charge in [-0.1, -0.05) is 39.5 Å². The Bertz CT molecular complexity index is 953. The van der Waals surface area contributed by atoms with E-state index in [9.17, 15) is 19.5 Å². The molecule has 0 aliphatic heterocycles. The third-order valence-electron chi connectivity index (χ3n) is 5.08. The van der Waals surface area contributed by atoms with E-state index >= 15 is 0 Å². The van der Waals surface area contributed by atoms with Gasteiger partial charge in [-0.3, -0.25) is 9.59 Å². The first kappa shape index (κ1) is 24.4. The minimum atomic E-state index is -0.804. The molecule has 1 aromatic carbocycles. The molecule has 1 amide bonds. The quantitative estimate of drug-likeness (QED) is 0.397. The van der Waals surface area contributed by atoms with Crippen molar-refractivity contribution in [1.82, 2.24) is 4.73 Å². The Hall–Kier alpha value is -2.83. The lowest BCUT2D eigenvalue weighted by atomic mass is 9.98. The predicted molar refractivity (Wildman–Crippen MR) is 121 cm³/mol. The van der Waals surface area contributed by atoms with E-state index in [1.165, 1.54) is 6.42 Å². The number of nitrogens with one attached hydrogen (secondary N) is 1. The molecule has 170 valence electrons. The number of aromatic hydroxyl groups is 1. The number of carbonyl (C=O) groups is 3. The number of fused-ring (bicyclic) bond motifs is 1. The number of aromatic nitrogens is 1. The third-order valence-corrected chi connectivity index (χ3v) is 5.08. The standard InChI is InChI=1S/C24H34N2O5/c1-6-8-9-10-11-12-20(28)25-16-13-14-17-18(15-16)26(31-23(30)24(3,4)5)22(29)21(17)19(27)7-2/h13-15,29H,6-12H2,1-5H3,(H,25,28). The molecule has 1 aromatic heterocycles. The fourth-order valence-corrected chi connectivity index (χ4v) is 3.20. The molecule has 0 aliphatic carbocycles. The molecular formula is C24H34N2O5. The lowest BCUT2D eigenvalue weighted by Gasteiger charge is -2.17. The van der Waals surface area contributed by atoms with Gasteiger partial charge < -0.3 is 15.3 Å². The minimum Gasteiger partial charge on any atom is -0.492 e. The molecular weight excluding hydrogens is 396 g/mol. The molecule has 2 rings (SSSR count). The second-order valence-corrected chi connectivity index (χ2v) is 8.84. The molecule has 0 saturated heterocycles. The zero-order valence-electron chi connectivity index (χ0n) is 19.2. The van der Waals surface area contributed by atoms with E-state index in [2.05, 4.69) is 12.2 Å². The molecule has 0 unspecified atom stereocenters. The van der Waals surface area contributed by atoms with Crippen LogP contribution in [0.3, 0.4) is 0 Å². The summed E-state index contributed by atoms with van der Waals surface area (Å²) >= 11 is 0. The highest BCUT2D eigenvalue weighted by atomic mass is 16.7. The maximum Gasteiger partial charge on any atom is 0.338 e. The summed E-state index contributed by atoms with van der Waals surface area (Å²) in [6.45, 7) is 8.93. The first-order chi connectivity index (χ1) is 14.6. The molecule has 2 N–H and O–H groups in total. The van der Waals surface area contributed by atoms with E-state index in [-0.39, 0.29) is 23.7 Å². The van der Waals surface area contributed by atoms with E-state index in [1.54, 1.807) is 45.9 Å². The van der Waals surface area contributed by atoms with Crippen LogP contribution in [0.15, 0.2) is 18.2 Å². The zero-order valence-corrected chi connectivity index (χ0v) is 19.2. The van der Waals surface area contributed by atoms with Crippen LogP contribution in [-0.2, 0) is 9.59 Å². The molecule has 0 spiro atoms. The average molecular weight is 431 g/mol. The van der Waals surface area contributed by atoms with Gasteiger partial charge in [-0.2, -0.15) is 0 Å². The molecule has 0 aliphatic rings. The van der Waals surface area contributed by atoms with Crippen molar-refractivity contribution in [3.8, 4) is 5.88 Å². The van der Waals surface area contributed by atoms with Crippen LogP contribution in [0, 0.1) is 5.41 Å². The molecule has 1 heterocycles. The Morgan fingerprint density at radius 3 is 2.35 bits per heavy atom. The first-order valence-electron chi connectivity index (χ1n) is 11.0. The van der Waals surface area contributed by atoms with E-state index in [1.807, 2.05) is 0 Å². The summed E-state index contributed by atoms with van der Waals surface area (Å²) in [6.07, 6.45) is 5.90. The number of rotatable bonds is 10. The van der Waals surface area contributed by atoms with Crippen molar-refractivity contribution in [2.24, 2.45) is 5.41 Å². The highest BCUT2D eigenvalue weighted by Crippen LogP contribution is 2.34. The largest absolute Gasteiger partial charge is 0.492 e. The molecule has 2 aromatic rings. The Morgan fingerprint density at radius 1 is 1.06 bits per heavy atom. The molecule has 0 fully saturated rings. The Balaban J connectivity index is 2.32. The van der Waals surface area contributed by atoms with Crippen LogP contribution in [0.4, 0.5) is 5.69 Å². The predicted octanol–water partition coefficient (Wildman–Crippen LogP) is 5.24. The van der Waals surface area contributed by atoms with Crippen molar-refractivity contribution in [2.75, 3.05) is 5.32 Å². The SMILES string of the molecule is CCCCCCCC(=O)Nc1ccc2c(C(=O)CC)c(O)n(OC(=O)C(C)(C)C)c2c1. The highest BCUT2D eigenvalue weighted by Gasteiger charge is 2.29. The van der Waals surface area contributed by atoms with Gasteiger partial charge in [0, 0.05) is 23.9 Å². The normalized spacial score (nSPS) is 11.5. The summed E-state index contributed by atoms with van der Waals surface area (Å²) in [5, 5.41) is 14.0. The van der Waals surface area contributed by atoms with Crippen molar-refractivity contribution in [3.63, 3.8) is 0 Å². The first-order valence-corrected chi connectivity index (χ1v) is 11.0. The van der Waals surface area contributed by atoms with Gasteiger partial charge in [-0.15, -0.1) is 4.73 Å². The van der Waals surface area contributed by atoms with Crippen molar-refractivity contribution in [2.45, 2.75) is 79.6 Å². The summed E-state index contributed by atoms with van der Waals surface area (Å²) in [5.74, 6) is -1.35. The van der Waals surface area contributed by atoms with Crippen molar-refractivity contribution < 1.29 is 24.3 Å². The number of unbranched alkanes of at least 4 members (excludes halogenated alkanes) is 4. The number of hydrogen-bond donors (Lipinski definition) is 2. The lowest BCUT2D eigenvalue weighted by molar-refractivity contribution is -0.153. The fraction of sp³-hybridized carbons (Fsp3) is 0.542. The Morgan fingerprint density at radius 2 is 1.74 bits per heavy atom. The Kier molecular flexibility index (Phi) is 8.25. The van der Waals surface area contributed by atoms with Crippen LogP contribution in [-0.4, -0.2) is 27.5 Å². The fourth-order valence-electron chi connectivity index (χ4n) is 3.20. The zero-order chi connectivity index (χ0) is 23.2. The van der Waals surface area contributed by atoms with Crippen LogP contribution in [0.2, 0.25) is 0 Å². The lowest BCUT2D eigenvalue weighted by Crippen LogP contribution is -2.31. The number of nitrogens with zero attached hydrogens (tertiary/aromatic N) is 1. The number of ketones is 1. The molecule has 7 heteroatoms. The van der Waals surface area contributed by atoms with E-state index in [4.69, 9.17) is 4.84 Å². The van der Waals surface area contributed by atoms with Gasteiger partial charge in [-0.25, -0.2) is 4.79 Å². The molecule has 0 atom stereocenters. The summed E-state index contributed by atoms with van der Waals surface area (Å²) in [7, 11) is 0. The number of amides is 1. The molecule has 31 heavy (non-hydrogen) atoms. The van der Waals surface area contributed by atoms with Gasteiger partial charge in [0.2, 0.25) is 11.8 Å². The van der Waals surface area contributed by atoms with E-state index < -0.39 is 17.3 Å². The molecule has 7 nitrogen and oxygen atoms in total. The summed E-state index contributed by atoms with van der Waals surface area (Å²) in [6, 6.07) is 4.93. The van der Waals surface area contributed by atoms with Gasteiger partial charge in [0.15, 0.2) is 5.78 Å². The van der Waals surface area contributed by atoms with Gasteiger partial charge in [0.1, 0.15) is 0 Å². The third kappa shape index (κ3) is 6.09. The Labute approximate surface area is 183 Å². The van der Waals surface area contributed by atoms with Crippen molar-refractivity contribution >= 4 is 34.3 Å². The maximum absolute atomic E-state index is 12.4. The van der Waals surface area contributed by atoms with Crippen molar-refractivity contribution in [1.29, 1.82) is 0 Å². The topological polar surface area (TPSA) is 97.6 Å². The number of benzene rings is 1. The van der Waals surface area contributed by atoms with Gasteiger partial charge >= 0.3 is 5.97 Å². The van der Waals surface area contributed by atoms with Crippen LogP contribution >= 0.6 is 0 Å². The van der Waals surface area contributed by atoms with Crippen LogP contribution < -0.4 is 10.2 Å². The number of hydrogen-bond acceptors (Lipinski definition) is 5. The van der Waals surface area contributed by atoms with Crippen molar-refractivity contribution in [3.05, 3.63) is 23.8 Å². The van der Waals surface area contributed by atoms with E-state index in [0.717, 1.165) is 30.4 Å². The summed E-state index contributed by atoms with van der Waals surface area (Å²) in [4.78, 5) is 42.6. The average Bonchev–Trinajstić information content (AvgIpc) is 2.97. The van der Waals surface area contributed by atoms with Gasteiger partial charge in [0.25, 0.3) is 0 Å². The van der Waals surface area contributed by atoms with Crippen LogP contribution in [0.25, 0.3) is 10.9 Å². The summed E-state index contributed by atoms with van der Waals surface area (Å²) < 4.78 is 0.978. The van der Waals surface area contributed by atoms with E-state index in [0.29, 0.717) is 23.0 Å². The molecule has 0 bridgehead atoms. The second-order valence-electron chi connectivity index (χ2n) is 8.84. The highest BCUT2D eigenvalue weighted by molar-refractivity contribution is 6.11. The molecule has 0 radical (unpaired) electrons. The number of anilines is 1. The van der Waals surface area contributed by atoms with Crippen LogP contribution in [0.1, 0.15) is 89.9 Å². The number of carbonyl (C=O) groups excluding carboxylic acids is 3. The molecule has 0 saturated carbocycles. The number of Topliss-reactive ketones (excluding diaryl/α,β-unsaturated/α-hetero) is 1. The van der Waals surface area contributed by atoms with Crippen LogP contribution in [0.5, 0.6) is 5.88 Å². The van der Waals surface area contributed by atoms with Gasteiger partial charge in [0.05, 0.1) is 16.5 Å². The maximum atomic E-state index is 12.4. The van der Waals surface area contributed by atoms with Gasteiger partial charge in [-0.05, 0) is 45.4 Å². The minimum absolute atomic E-state index is 0.102. The monoisotopic (exact) mass is 430 g/mol. The smallest absolute Gasteiger partial charge is 0.338 e.